The van der Waals surface area contributed by atoms with Gasteiger partial charge in [-0.05, 0) is 31.1 Å². The SMILES string of the molecule is CC(C)Cc1cc(NN)nc(C2CCC(C)CC2)n1. The molecule has 1 aromatic rings. The Hall–Kier alpha value is -1.16. The molecule has 3 N–H and O–H groups in total. The van der Waals surface area contributed by atoms with E-state index in [4.69, 9.17) is 10.8 Å². The maximum Gasteiger partial charge on any atom is 0.143 e. The van der Waals surface area contributed by atoms with Gasteiger partial charge in [-0.15, -0.1) is 0 Å². The zero-order valence-corrected chi connectivity index (χ0v) is 12.3. The van der Waals surface area contributed by atoms with Crippen LogP contribution in [0.1, 0.15) is 63.9 Å². The molecular formula is C15H26N4. The van der Waals surface area contributed by atoms with Gasteiger partial charge >= 0.3 is 0 Å². The number of hydrogen-bond donors (Lipinski definition) is 2. The molecule has 0 atom stereocenters. The molecule has 0 aromatic carbocycles. The molecule has 1 fully saturated rings. The topological polar surface area (TPSA) is 63.8 Å². The Bertz CT molecular complexity index is 409. The van der Waals surface area contributed by atoms with Crippen molar-refractivity contribution in [3.05, 3.63) is 17.6 Å². The lowest BCUT2D eigenvalue weighted by Gasteiger charge is -2.25. The summed E-state index contributed by atoms with van der Waals surface area (Å²) in [5.74, 6) is 9.22. The first-order chi connectivity index (χ1) is 9.08. The number of aromatic nitrogens is 2. The van der Waals surface area contributed by atoms with Crippen molar-refractivity contribution in [1.29, 1.82) is 0 Å². The first-order valence-corrected chi connectivity index (χ1v) is 7.43. The fourth-order valence-corrected chi connectivity index (χ4v) is 2.82. The average molecular weight is 262 g/mol. The second kappa shape index (κ2) is 6.33. The van der Waals surface area contributed by atoms with Crippen molar-refractivity contribution >= 4 is 5.82 Å². The lowest BCUT2D eigenvalue weighted by Crippen LogP contribution is -2.17. The van der Waals surface area contributed by atoms with Crippen LogP contribution >= 0.6 is 0 Å². The minimum absolute atomic E-state index is 0.510. The van der Waals surface area contributed by atoms with Crippen molar-refractivity contribution in [2.45, 2.75) is 58.8 Å². The highest BCUT2D eigenvalue weighted by molar-refractivity contribution is 5.35. The highest BCUT2D eigenvalue weighted by atomic mass is 15.3. The van der Waals surface area contributed by atoms with Crippen molar-refractivity contribution in [2.75, 3.05) is 5.43 Å². The molecule has 0 unspecified atom stereocenters. The van der Waals surface area contributed by atoms with Crippen LogP contribution in [-0.2, 0) is 6.42 Å². The molecule has 1 aliphatic carbocycles. The number of hydrogen-bond acceptors (Lipinski definition) is 4. The maximum atomic E-state index is 5.53. The van der Waals surface area contributed by atoms with Gasteiger partial charge in [-0.2, -0.15) is 0 Å². The Morgan fingerprint density at radius 1 is 1.26 bits per heavy atom. The molecule has 1 aromatic heterocycles. The number of nitrogens with zero attached hydrogens (tertiary/aromatic N) is 2. The van der Waals surface area contributed by atoms with Crippen LogP contribution in [0.3, 0.4) is 0 Å². The molecule has 2 rings (SSSR count). The van der Waals surface area contributed by atoms with Crippen molar-refractivity contribution < 1.29 is 0 Å². The van der Waals surface area contributed by atoms with Crippen LogP contribution in [0.2, 0.25) is 0 Å². The van der Waals surface area contributed by atoms with E-state index < -0.39 is 0 Å². The second-order valence-electron chi connectivity index (χ2n) is 6.30. The summed E-state index contributed by atoms with van der Waals surface area (Å²) in [5, 5.41) is 0. The van der Waals surface area contributed by atoms with Crippen molar-refractivity contribution in [3.63, 3.8) is 0 Å². The number of anilines is 1. The minimum Gasteiger partial charge on any atom is -0.308 e. The standard InChI is InChI=1S/C15H26N4/c1-10(2)8-13-9-14(19-16)18-15(17-13)12-6-4-11(3)5-7-12/h9-12H,4-8,16H2,1-3H3,(H,17,18,19). The Labute approximate surface area is 116 Å². The number of nitrogen functional groups attached to an aromatic ring is 1. The predicted molar refractivity (Wildman–Crippen MR) is 78.8 cm³/mol. The monoisotopic (exact) mass is 262 g/mol. The summed E-state index contributed by atoms with van der Waals surface area (Å²) in [5.41, 5.74) is 3.78. The van der Waals surface area contributed by atoms with Crippen LogP contribution in [0, 0.1) is 11.8 Å². The maximum absolute atomic E-state index is 5.53. The lowest BCUT2D eigenvalue weighted by molar-refractivity contribution is 0.339. The van der Waals surface area contributed by atoms with Gasteiger partial charge in [-0.25, -0.2) is 15.8 Å². The zero-order valence-electron chi connectivity index (χ0n) is 12.3. The first kappa shape index (κ1) is 14.3. The summed E-state index contributed by atoms with van der Waals surface area (Å²) in [6, 6.07) is 1.97. The van der Waals surface area contributed by atoms with Gasteiger partial charge in [0.2, 0.25) is 0 Å². The fraction of sp³-hybridized carbons (Fsp3) is 0.733. The summed E-state index contributed by atoms with van der Waals surface area (Å²) in [6.07, 6.45) is 5.96. The summed E-state index contributed by atoms with van der Waals surface area (Å²) >= 11 is 0. The quantitative estimate of drug-likeness (QED) is 0.646. The van der Waals surface area contributed by atoms with E-state index in [0.717, 1.165) is 29.7 Å². The summed E-state index contributed by atoms with van der Waals surface area (Å²) in [7, 11) is 0. The zero-order chi connectivity index (χ0) is 13.8. The van der Waals surface area contributed by atoms with Crippen LogP contribution < -0.4 is 11.3 Å². The van der Waals surface area contributed by atoms with Gasteiger partial charge in [0.1, 0.15) is 11.6 Å². The number of nitrogens with one attached hydrogen (secondary N) is 1. The smallest absolute Gasteiger partial charge is 0.143 e. The summed E-state index contributed by atoms with van der Waals surface area (Å²) < 4.78 is 0. The largest absolute Gasteiger partial charge is 0.308 e. The third-order valence-electron chi connectivity index (χ3n) is 3.94. The molecule has 0 amide bonds. The van der Waals surface area contributed by atoms with Gasteiger partial charge < -0.3 is 5.43 Å². The van der Waals surface area contributed by atoms with E-state index in [9.17, 15) is 0 Å². The molecule has 0 spiro atoms. The van der Waals surface area contributed by atoms with Crippen molar-refractivity contribution in [3.8, 4) is 0 Å². The highest BCUT2D eigenvalue weighted by Gasteiger charge is 2.22. The molecule has 19 heavy (non-hydrogen) atoms. The Balaban J connectivity index is 2.18. The van der Waals surface area contributed by atoms with Crippen LogP contribution in [0.15, 0.2) is 6.07 Å². The Kier molecular flexibility index (Phi) is 4.75. The van der Waals surface area contributed by atoms with Crippen LogP contribution in [-0.4, -0.2) is 9.97 Å². The molecule has 4 nitrogen and oxygen atoms in total. The Morgan fingerprint density at radius 2 is 1.95 bits per heavy atom. The van der Waals surface area contributed by atoms with E-state index in [-0.39, 0.29) is 0 Å². The third-order valence-corrected chi connectivity index (χ3v) is 3.94. The first-order valence-electron chi connectivity index (χ1n) is 7.43. The van der Waals surface area contributed by atoms with E-state index in [0.29, 0.717) is 11.8 Å². The molecule has 1 heterocycles. The number of nitrogens with two attached hydrogens (primary N) is 1. The minimum atomic E-state index is 0.510. The lowest BCUT2D eigenvalue weighted by atomic mass is 9.82. The van der Waals surface area contributed by atoms with Gasteiger partial charge in [-0.1, -0.05) is 33.6 Å². The van der Waals surface area contributed by atoms with Gasteiger partial charge in [0.05, 0.1) is 0 Å². The van der Waals surface area contributed by atoms with Gasteiger partial charge in [0.15, 0.2) is 0 Å². The van der Waals surface area contributed by atoms with Crippen LogP contribution in [0.4, 0.5) is 5.82 Å². The molecule has 106 valence electrons. The van der Waals surface area contributed by atoms with Crippen LogP contribution in [0.25, 0.3) is 0 Å². The highest BCUT2D eigenvalue weighted by Crippen LogP contribution is 2.34. The molecule has 0 saturated heterocycles. The normalized spacial score (nSPS) is 23.6. The molecule has 0 aliphatic heterocycles. The molecule has 0 bridgehead atoms. The molecule has 0 radical (unpaired) electrons. The van der Waals surface area contributed by atoms with Gasteiger partial charge in [0.25, 0.3) is 0 Å². The van der Waals surface area contributed by atoms with Gasteiger partial charge in [-0.3, -0.25) is 0 Å². The second-order valence-corrected chi connectivity index (χ2v) is 6.30. The molecule has 4 heteroatoms. The van der Waals surface area contributed by atoms with E-state index in [1.165, 1.54) is 25.7 Å². The number of hydrazine groups is 1. The average Bonchev–Trinajstić information content (AvgIpc) is 2.38. The molecule has 1 saturated carbocycles. The van der Waals surface area contributed by atoms with E-state index in [1.54, 1.807) is 0 Å². The van der Waals surface area contributed by atoms with Crippen molar-refractivity contribution in [1.82, 2.24) is 9.97 Å². The predicted octanol–water partition coefficient (Wildman–Crippen LogP) is 3.25. The van der Waals surface area contributed by atoms with E-state index in [1.807, 2.05) is 6.07 Å². The van der Waals surface area contributed by atoms with Gasteiger partial charge in [0, 0.05) is 17.7 Å². The van der Waals surface area contributed by atoms with Crippen LogP contribution in [0.5, 0.6) is 0 Å². The molecular weight excluding hydrogens is 236 g/mol. The van der Waals surface area contributed by atoms with E-state index in [2.05, 4.69) is 31.2 Å². The third kappa shape index (κ3) is 3.90. The van der Waals surface area contributed by atoms with Crippen molar-refractivity contribution in [2.24, 2.45) is 17.7 Å². The fourth-order valence-electron chi connectivity index (χ4n) is 2.82. The summed E-state index contributed by atoms with van der Waals surface area (Å²) in [6.45, 7) is 6.75. The number of rotatable bonds is 4. The van der Waals surface area contributed by atoms with E-state index >= 15 is 0 Å². The summed E-state index contributed by atoms with van der Waals surface area (Å²) in [4.78, 5) is 9.32. The molecule has 1 aliphatic rings. The Morgan fingerprint density at radius 3 is 2.53 bits per heavy atom.